The van der Waals surface area contributed by atoms with E-state index in [0.29, 0.717) is 13.0 Å². The van der Waals surface area contributed by atoms with Crippen molar-refractivity contribution in [3.63, 3.8) is 0 Å². The summed E-state index contributed by atoms with van der Waals surface area (Å²) in [4.78, 5) is 0. The van der Waals surface area contributed by atoms with Gasteiger partial charge in [-0.1, -0.05) is 6.92 Å². The molecule has 0 aromatic heterocycles. The van der Waals surface area contributed by atoms with Crippen LogP contribution in [0.15, 0.2) is 0 Å². The predicted molar refractivity (Wildman–Crippen MR) is 52.4 cm³/mol. The van der Waals surface area contributed by atoms with Crippen LogP contribution < -0.4 is 5.73 Å². The maximum Gasteiger partial charge on any atom is 0.0969 e. The Kier molecular flexibility index (Phi) is 3.33. The number of ether oxygens (including phenoxy) is 1. The minimum absolute atomic E-state index is 0.0870. The van der Waals surface area contributed by atoms with Gasteiger partial charge in [-0.2, -0.15) is 0 Å². The molecule has 4 atom stereocenters. The molecular formula is C10H21NO2. The molecule has 3 N–H and O–H groups in total. The fourth-order valence-electron chi connectivity index (χ4n) is 2.36. The highest BCUT2D eigenvalue weighted by Crippen LogP contribution is 2.37. The Bertz CT molecular complexity index is 170. The molecule has 1 aliphatic rings. The first-order chi connectivity index (χ1) is 6.04. The number of hydrogen-bond donors (Lipinski definition) is 2. The molecule has 0 aromatic rings. The second-order valence-electron chi connectivity index (χ2n) is 4.13. The third-order valence-electron chi connectivity index (χ3n) is 3.24. The first-order valence-corrected chi connectivity index (χ1v) is 5.12. The molecule has 1 heterocycles. The van der Waals surface area contributed by atoms with E-state index in [0.717, 1.165) is 6.42 Å². The molecule has 3 nitrogen and oxygen atoms in total. The average molecular weight is 187 g/mol. The minimum atomic E-state index is -0.705. The fourth-order valence-corrected chi connectivity index (χ4v) is 2.36. The van der Waals surface area contributed by atoms with E-state index in [4.69, 9.17) is 10.5 Å². The Morgan fingerprint density at radius 3 is 2.54 bits per heavy atom. The van der Waals surface area contributed by atoms with Crippen LogP contribution in [0.25, 0.3) is 0 Å². The van der Waals surface area contributed by atoms with Crippen LogP contribution in [-0.4, -0.2) is 29.5 Å². The summed E-state index contributed by atoms with van der Waals surface area (Å²) in [6, 6.07) is 0. The van der Waals surface area contributed by atoms with E-state index in [-0.39, 0.29) is 18.1 Å². The summed E-state index contributed by atoms with van der Waals surface area (Å²) < 4.78 is 5.56. The SMILES string of the molecule is CCC(CN)C1(O)CC(C)OC1C. The summed E-state index contributed by atoms with van der Waals surface area (Å²) in [6.45, 7) is 6.53. The van der Waals surface area contributed by atoms with Crippen molar-refractivity contribution in [2.75, 3.05) is 6.54 Å². The van der Waals surface area contributed by atoms with Crippen LogP contribution in [0.5, 0.6) is 0 Å². The predicted octanol–water partition coefficient (Wildman–Crippen LogP) is 0.900. The zero-order valence-electron chi connectivity index (χ0n) is 8.79. The lowest BCUT2D eigenvalue weighted by molar-refractivity contribution is -0.0715. The third-order valence-corrected chi connectivity index (χ3v) is 3.24. The lowest BCUT2D eigenvalue weighted by Crippen LogP contribution is -2.46. The molecule has 0 saturated carbocycles. The molecule has 0 bridgehead atoms. The first kappa shape index (κ1) is 11.0. The fraction of sp³-hybridized carbons (Fsp3) is 1.00. The molecule has 0 amide bonds. The molecule has 13 heavy (non-hydrogen) atoms. The van der Waals surface area contributed by atoms with E-state index < -0.39 is 5.60 Å². The second-order valence-corrected chi connectivity index (χ2v) is 4.13. The van der Waals surface area contributed by atoms with Crippen LogP contribution >= 0.6 is 0 Å². The number of hydrogen-bond acceptors (Lipinski definition) is 3. The zero-order valence-corrected chi connectivity index (χ0v) is 8.79. The molecule has 1 fully saturated rings. The molecule has 1 saturated heterocycles. The maximum atomic E-state index is 10.4. The zero-order chi connectivity index (χ0) is 10.1. The monoisotopic (exact) mass is 187 g/mol. The summed E-state index contributed by atoms with van der Waals surface area (Å²) in [5, 5.41) is 10.4. The Balaban J connectivity index is 2.73. The summed E-state index contributed by atoms with van der Waals surface area (Å²) >= 11 is 0. The van der Waals surface area contributed by atoms with E-state index in [1.165, 1.54) is 0 Å². The number of rotatable bonds is 3. The summed E-state index contributed by atoms with van der Waals surface area (Å²) in [6.07, 6.45) is 1.69. The van der Waals surface area contributed by atoms with Crippen molar-refractivity contribution >= 4 is 0 Å². The van der Waals surface area contributed by atoms with Crippen molar-refractivity contribution < 1.29 is 9.84 Å². The lowest BCUT2D eigenvalue weighted by Gasteiger charge is -2.33. The van der Waals surface area contributed by atoms with Gasteiger partial charge in [0.1, 0.15) is 0 Å². The van der Waals surface area contributed by atoms with Gasteiger partial charge in [-0.3, -0.25) is 0 Å². The Hall–Kier alpha value is -0.120. The molecule has 0 aromatic carbocycles. The van der Waals surface area contributed by atoms with E-state index in [1.54, 1.807) is 0 Å². The quantitative estimate of drug-likeness (QED) is 0.690. The summed E-state index contributed by atoms with van der Waals surface area (Å²) in [5.74, 6) is 0.160. The van der Waals surface area contributed by atoms with E-state index in [2.05, 4.69) is 6.92 Å². The van der Waals surface area contributed by atoms with Gasteiger partial charge < -0.3 is 15.6 Å². The van der Waals surface area contributed by atoms with Crippen LogP contribution in [0.2, 0.25) is 0 Å². The van der Waals surface area contributed by atoms with Crippen molar-refractivity contribution in [3.8, 4) is 0 Å². The summed E-state index contributed by atoms with van der Waals surface area (Å²) in [7, 11) is 0. The molecule has 0 radical (unpaired) electrons. The molecule has 1 rings (SSSR count). The standard InChI is InChI=1S/C10H21NO2/c1-4-9(6-11)10(12)5-7(2)13-8(10)3/h7-9,12H,4-6,11H2,1-3H3. The average Bonchev–Trinajstić information content (AvgIpc) is 2.29. The molecule has 1 aliphatic heterocycles. The molecule has 0 aliphatic carbocycles. The second kappa shape index (κ2) is 3.95. The third kappa shape index (κ3) is 1.87. The largest absolute Gasteiger partial charge is 0.387 e. The van der Waals surface area contributed by atoms with Crippen molar-refractivity contribution in [3.05, 3.63) is 0 Å². The molecule has 4 unspecified atom stereocenters. The van der Waals surface area contributed by atoms with Crippen molar-refractivity contribution in [1.82, 2.24) is 0 Å². The topological polar surface area (TPSA) is 55.5 Å². The van der Waals surface area contributed by atoms with Crippen molar-refractivity contribution in [2.45, 2.75) is 51.4 Å². The lowest BCUT2D eigenvalue weighted by atomic mass is 9.80. The van der Waals surface area contributed by atoms with Gasteiger partial charge in [-0.15, -0.1) is 0 Å². The van der Waals surface area contributed by atoms with Crippen LogP contribution in [0.1, 0.15) is 33.6 Å². The molecule has 3 heteroatoms. The van der Waals surface area contributed by atoms with Gasteiger partial charge in [-0.25, -0.2) is 0 Å². The minimum Gasteiger partial charge on any atom is -0.387 e. The Morgan fingerprint density at radius 2 is 2.23 bits per heavy atom. The van der Waals surface area contributed by atoms with E-state index in [9.17, 15) is 5.11 Å². The van der Waals surface area contributed by atoms with Crippen LogP contribution in [0, 0.1) is 5.92 Å². The number of aliphatic hydroxyl groups is 1. The van der Waals surface area contributed by atoms with Crippen molar-refractivity contribution in [1.29, 1.82) is 0 Å². The molecular weight excluding hydrogens is 166 g/mol. The normalized spacial score (nSPS) is 42.2. The van der Waals surface area contributed by atoms with Gasteiger partial charge in [0.25, 0.3) is 0 Å². The van der Waals surface area contributed by atoms with Gasteiger partial charge in [0.2, 0.25) is 0 Å². The Morgan fingerprint density at radius 1 is 1.62 bits per heavy atom. The summed E-state index contributed by atoms with van der Waals surface area (Å²) in [5.41, 5.74) is 4.93. The highest BCUT2D eigenvalue weighted by atomic mass is 16.5. The highest BCUT2D eigenvalue weighted by Gasteiger charge is 2.47. The number of nitrogens with two attached hydrogens (primary N) is 1. The van der Waals surface area contributed by atoms with Crippen LogP contribution in [0.4, 0.5) is 0 Å². The van der Waals surface area contributed by atoms with Crippen LogP contribution in [0.3, 0.4) is 0 Å². The van der Waals surface area contributed by atoms with E-state index >= 15 is 0 Å². The van der Waals surface area contributed by atoms with Gasteiger partial charge in [0.05, 0.1) is 17.8 Å². The van der Waals surface area contributed by atoms with E-state index in [1.807, 2.05) is 13.8 Å². The van der Waals surface area contributed by atoms with Crippen LogP contribution in [-0.2, 0) is 4.74 Å². The van der Waals surface area contributed by atoms with Gasteiger partial charge in [0.15, 0.2) is 0 Å². The molecule has 78 valence electrons. The van der Waals surface area contributed by atoms with Gasteiger partial charge >= 0.3 is 0 Å². The molecule has 0 spiro atoms. The van der Waals surface area contributed by atoms with Crippen molar-refractivity contribution in [2.24, 2.45) is 11.7 Å². The van der Waals surface area contributed by atoms with Gasteiger partial charge in [0, 0.05) is 12.3 Å². The van der Waals surface area contributed by atoms with Gasteiger partial charge in [-0.05, 0) is 26.8 Å². The first-order valence-electron chi connectivity index (χ1n) is 5.12. The smallest absolute Gasteiger partial charge is 0.0969 e. The Labute approximate surface area is 80.3 Å². The highest BCUT2D eigenvalue weighted by molar-refractivity contribution is 4.97. The maximum absolute atomic E-state index is 10.4.